The molecule has 1 aromatic carbocycles. The van der Waals surface area contributed by atoms with Crippen LogP contribution in [0.4, 0.5) is 5.69 Å². The predicted octanol–water partition coefficient (Wildman–Crippen LogP) is 2.27. The summed E-state index contributed by atoms with van der Waals surface area (Å²) in [7, 11) is 2.02. The van der Waals surface area contributed by atoms with E-state index in [4.69, 9.17) is 5.11 Å². The lowest BCUT2D eigenvalue weighted by molar-refractivity contribution is 0.290. The summed E-state index contributed by atoms with van der Waals surface area (Å²) in [5.41, 5.74) is 1.16. The van der Waals surface area contributed by atoms with Crippen LogP contribution in [0, 0.1) is 0 Å². The smallest absolute Gasteiger partial charge is 0.0508 e. The summed E-state index contributed by atoms with van der Waals surface area (Å²) in [6, 6.07) is 8.08. The molecular weight excluding hydrogens is 230 g/mol. The first-order chi connectivity index (χ1) is 6.25. The van der Waals surface area contributed by atoms with E-state index in [0.29, 0.717) is 0 Å². The van der Waals surface area contributed by atoms with E-state index in [9.17, 15) is 0 Å². The first kappa shape index (κ1) is 10.5. The number of nitrogens with zero attached hydrogens (tertiary/aromatic N) is 1. The zero-order valence-corrected chi connectivity index (χ0v) is 9.29. The number of rotatable bonds is 4. The summed E-state index contributed by atoms with van der Waals surface area (Å²) in [6.07, 6.45) is 0.803. The fourth-order valence-electron chi connectivity index (χ4n) is 1.19. The highest BCUT2D eigenvalue weighted by molar-refractivity contribution is 9.10. The zero-order valence-electron chi connectivity index (χ0n) is 7.70. The van der Waals surface area contributed by atoms with Gasteiger partial charge in [0.15, 0.2) is 0 Å². The molecule has 0 fully saturated rings. The molecule has 0 aliphatic rings. The first-order valence-corrected chi connectivity index (χ1v) is 5.11. The molecule has 0 saturated heterocycles. The Morgan fingerprint density at radius 1 is 1.38 bits per heavy atom. The van der Waals surface area contributed by atoms with Crippen molar-refractivity contribution in [1.82, 2.24) is 0 Å². The van der Waals surface area contributed by atoms with Crippen LogP contribution in [0.25, 0.3) is 0 Å². The maximum Gasteiger partial charge on any atom is 0.0508 e. The monoisotopic (exact) mass is 243 g/mol. The van der Waals surface area contributed by atoms with E-state index in [-0.39, 0.29) is 6.61 Å². The molecular formula is C10H14BrNO. The van der Waals surface area contributed by atoms with Crippen molar-refractivity contribution < 1.29 is 5.11 Å². The molecule has 0 aromatic heterocycles. The van der Waals surface area contributed by atoms with Crippen LogP contribution >= 0.6 is 15.9 Å². The molecule has 2 nitrogen and oxygen atoms in total. The lowest BCUT2D eigenvalue weighted by Crippen LogP contribution is -2.19. The molecule has 13 heavy (non-hydrogen) atoms. The van der Waals surface area contributed by atoms with Crippen LogP contribution in [0.1, 0.15) is 6.42 Å². The van der Waals surface area contributed by atoms with E-state index in [0.717, 1.165) is 23.1 Å². The van der Waals surface area contributed by atoms with E-state index >= 15 is 0 Å². The van der Waals surface area contributed by atoms with Crippen molar-refractivity contribution in [2.24, 2.45) is 0 Å². The van der Waals surface area contributed by atoms with Crippen molar-refractivity contribution in [1.29, 1.82) is 0 Å². The van der Waals surface area contributed by atoms with E-state index < -0.39 is 0 Å². The van der Waals surface area contributed by atoms with Crippen LogP contribution in [-0.2, 0) is 0 Å². The van der Waals surface area contributed by atoms with Gasteiger partial charge in [-0.25, -0.2) is 0 Å². The molecule has 0 bridgehead atoms. The van der Waals surface area contributed by atoms with Crippen molar-refractivity contribution in [2.45, 2.75) is 6.42 Å². The number of halogens is 1. The lowest BCUT2D eigenvalue weighted by Gasteiger charge is -2.19. The molecule has 0 unspecified atom stereocenters. The van der Waals surface area contributed by atoms with Gasteiger partial charge >= 0.3 is 0 Å². The third kappa shape index (κ3) is 3.01. The fraction of sp³-hybridized carbons (Fsp3) is 0.400. The molecule has 0 saturated carbocycles. The number of hydrogen-bond donors (Lipinski definition) is 1. The van der Waals surface area contributed by atoms with Crippen molar-refractivity contribution >= 4 is 21.6 Å². The van der Waals surface area contributed by atoms with Gasteiger partial charge in [-0.05, 0) is 34.5 Å². The lowest BCUT2D eigenvalue weighted by atomic mass is 10.3. The van der Waals surface area contributed by atoms with Crippen LogP contribution in [0.5, 0.6) is 0 Å². The van der Waals surface area contributed by atoms with E-state index in [1.165, 1.54) is 0 Å². The predicted molar refractivity (Wildman–Crippen MR) is 59.1 cm³/mol. The van der Waals surface area contributed by atoms with Gasteiger partial charge in [0, 0.05) is 24.7 Å². The molecule has 0 atom stereocenters. The SMILES string of the molecule is CN(CCCO)c1ccccc1Br. The Morgan fingerprint density at radius 3 is 2.69 bits per heavy atom. The average molecular weight is 244 g/mol. The normalized spacial score (nSPS) is 10.1. The number of para-hydroxylation sites is 1. The Balaban J connectivity index is 2.65. The minimum absolute atomic E-state index is 0.245. The molecule has 1 aromatic rings. The molecule has 0 radical (unpaired) electrons. The van der Waals surface area contributed by atoms with Gasteiger partial charge in [0.25, 0.3) is 0 Å². The summed E-state index contributed by atoms with van der Waals surface area (Å²) < 4.78 is 1.09. The molecule has 72 valence electrons. The minimum Gasteiger partial charge on any atom is -0.396 e. The standard InChI is InChI=1S/C10H14BrNO/c1-12(7-4-8-13)10-6-3-2-5-9(10)11/h2-3,5-6,13H,4,7-8H2,1H3. The topological polar surface area (TPSA) is 23.5 Å². The van der Waals surface area contributed by atoms with Crippen LogP contribution < -0.4 is 4.90 Å². The van der Waals surface area contributed by atoms with Crippen molar-refractivity contribution in [3.8, 4) is 0 Å². The number of benzene rings is 1. The first-order valence-electron chi connectivity index (χ1n) is 4.32. The third-order valence-corrected chi connectivity index (χ3v) is 2.59. The summed E-state index contributed by atoms with van der Waals surface area (Å²) in [6.45, 7) is 1.12. The fourth-order valence-corrected chi connectivity index (χ4v) is 1.78. The highest BCUT2D eigenvalue weighted by atomic mass is 79.9. The number of aliphatic hydroxyl groups excluding tert-OH is 1. The highest BCUT2D eigenvalue weighted by Crippen LogP contribution is 2.24. The van der Waals surface area contributed by atoms with E-state index in [1.54, 1.807) is 0 Å². The van der Waals surface area contributed by atoms with Crippen LogP contribution in [-0.4, -0.2) is 25.3 Å². The molecule has 0 aliphatic heterocycles. The largest absolute Gasteiger partial charge is 0.396 e. The second kappa shape index (κ2) is 5.25. The Morgan fingerprint density at radius 2 is 2.08 bits per heavy atom. The van der Waals surface area contributed by atoms with Gasteiger partial charge in [0.2, 0.25) is 0 Å². The summed E-state index contributed by atoms with van der Waals surface area (Å²) >= 11 is 3.48. The zero-order chi connectivity index (χ0) is 9.68. The molecule has 0 heterocycles. The minimum atomic E-state index is 0.245. The van der Waals surface area contributed by atoms with Crippen LogP contribution in [0.3, 0.4) is 0 Å². The second-order valence-corrected chi connectivity index (χ2v) is 3.80. The summed E-state index contributed by atoms with van der Waals surface area (Å²) in [4.78, 5) is 2.13. The molecule has 3 heteroatoms. The quantitative estimate of drug-likeness (QED) is 0.878. The Bertz CT molecular complexity index is 265. The van der Waals surface area contributed by atoms with Gasteiger partial charge in [0.05, 0.1) is 5.69 Å². The molecule has 1 N–H and O–H groups in total. The van der Waals surface area contributed by atoms with Gasteiger partial charge in [-0.15, -0.1) is 0 Å². The van der Waals surface area contributed by atoms with Crippen molar-refractivity contribution in [3.63, 3.8) is 0 Å². The molecule has 1 rings (SSSR count). The Kier molecular flexibility index (Phi) is 4.25. The number of aliphatic hydroxyl groups is 1. The van der Waals surface area contributed by atoms with Crippen molar-refractivity contribution in [3.05, 3.63) is 28.7 Å². The van der Waals surface area contributed by atoms with E-state index in [1.807, 2.05) is 25.2 Å². The number of hydrogen-bond acceptors (Lipinski definition) is 2. The van der Waals surface area contributed by atoms with Crippen molar-refractivity contribution in [2.75, 3.05) is 25.1 Å². The molecule has 0 aliphatic carbocycles. The third-order valence-electron chi connectivity index (χ3n) is 1.92. The van der Waals surface area contributed by atoms with Gasteiger partial charge in [-0.3, -0.25) is 0 Å². The van der Waals surface area contributed by atoms with Gasteiger partial charge in [-0.1, -0.05) is 12.1 Å². The number of anilines is 1. The van der Waals surface area contributed by atoms with E-state index in [2.05, 4.69) is 26.9 Å². The second-order valence-electron chi connectivity index (χ2n) is 2.95. The molecule has 0 amide bonds. The van der Waals surface area contributed by atoms with Gasteiger partial charge in [-0.2, -0.15) is 0 Å². The van der Waals surface area contributed by atoms with Gasteiger partial charge < -0.3 is 10.0 Å². The van der Waals surface area contributed by atoms with Crippen LogP contribution in [0.2, 0.25) is 0 Å². The van der Waals surface area contributed by atoms with Crippen LogP contribution in [0.15, 0.2) is 28.7 Å². The summed E-state index contributed by atoms with van der Waals surface area (Å²) in [5.74, 6) is 0. The summed E-state index contributed by atoms with van der Waals surface area (Å²) in [5, 5.41) is 8.69. The highest BCUT2D eigenvalue weighted by Gasteiger charge is 2.02. The maximum atomic E-state index is 8.69. The van der Waals surface area contributed by atoms with Gasteiger partial charge in [0.1, 0.15) is 0 Å². The molecule has 0 spiro atoms. The average Bonchev–Trinajstić information content (AvgIpc) is 2.15. The Hall–Kier alpha value is -0.540. The Labute approximate surface area is 87.3 Å². The maximum absolute atomic E-state index is 8.69.